The molecule has 138 valence electrons. The third kappa shape index (κ3) is 4.73. The Labute approximate surface area is 153 Å². The van der Waals surface area contributed by atoms with Crippen molar-refractivity contribution in [3.05, 3.63) is 54.3 Å². The summed E-state index contributed by atoms with van der Waals surface area (Å²) >= 11 is 0. The van der Waals surface area contributed by atoms with Crippen molar-refractivity contribution >= 4 is 17.3 Å². The Morgan fingerprint density at radius 3 is 2.54 bits per heavy atom. The van der Waals surface area contributed by atoms with Crippen LogP contribution in [0.25, 0.3) is 0 Å². The van der Waals surface area contributed by atoms with Gasteiger partial charge in [-0.25, -0.2) is 4.39 Å². The molecule has 2 aromatic carbocycles. The molecule has 0 unspecified atom stereocenters. The molecule has 0 radical (unpaired) electrons. The first-order valence-corrected chi connectivity index (χ1v) is 9.01. The zero-order chi connectivity index (χ0) is 18.4. The first-order valence-electron chi connectivity index (χ1n) is 9.01. The molecule has 1 aliphatic heterocycles. The lowest BCUT2D eigenvalue weighted by Gasteiger charge is -2.33. The van der Waals surface area contributed by atoms with Crippen LogP contribution in [-0.4, -0.2) is 45.2 Å². The maximum absolute atomic E-state index is 13.0. The van der Waals surface area contributed by atoms with E-state index in [4.69, 9.17) is 4.74 Å². The van der Waals surface area contributed by atoms with Crippen LogP contribution in [0.3, 0.4) is 0 Å². The minimum atomic E-state index is -0.220. The summed E-state index contributed by atoms with van der Waals surface area (Å²) in [5, 5.41) is 2.95. The molecule has 1 fully saturated rings. The van der Waals surface area contributed by atoms with Crippen LogP contribution < -0.4 is 19.9 Å². The monoisotopic (exact) mass is 358 g/mol. The number of carbonyl (C=O) groups excluding carboxylic acids is 1. The predicted octanol–water partition coefficient (Wildman–Crippen LogP) is 1.57. The highest BCUT2D eigenvalue weighted by Crippen LogP contribution is 2.23. The van der Waals surface area contributed by atoms with Gasteiger partial charge in [0.05, 0.1) is 38.5 Å². The van der Waals surface area contributed by atoms with Gasteiger partial charge < -0.3 is 19.9 Å². The fourth-order valence-electron chi connectivity index (χ4n) is 3.18. The van der Waals surface area contributed by atoms with E-state index >= 15 is 0 Å². The number of hydrogen-bond acceptors (Lipinski definition) is 3. The minimum absolute atomic E-state index is 0.0117. The molecule has 0 aliphatic carbocycles. The first kappa shape index (κ1) is 18.2. The number of amides is 1. The van der Waals surface area contributed by atoms with E-state index < -0.39 is 0 Å². The number of nitrogens with one attached hydrogen (secondary N) is 2. The summed E-state index contributed by atoms with van der Waals surface area (Å²) in [7, 11) is 0. The van der Waals surface area contributed by atoms with Crippen LogP contribution in [0.4, 0.5) is 15.8 Å². The molecule has 5 nitrogen and oxygen atoms in total. The number of hydrogen-bond donors (Lipinski definition) is 2. The smallest absolute Gasteiger partial charge is 0.279 e. The van der Waals surface area contributed by atoms with Crippen molar-refractivity contribution in [3.63, 3.8) is 0 Å². The molecule has 1 heterocycles. The molecule has 2 aromatic rings. The second-order valence-electron chi connectivity index (χ2n) is 6.37. The molecule has 0 bridgehead atoms. The van der Waals surface area contributed by atoms with E-state index in [1.807, 2.05) is 31.2 Å². The molecule has 0 aromatic heterocycles. The van der Waals surface area contributed by atoms with Crippen LogP contribution in [0.5, 0.6) is 5.75 Å². The number of halogens is 1. The second-order valence-corrected chi connectivity index (χ2v) is 6.37. The Bertz CT molecular complexity index is 728. The Kier molecular flexibility index (Phi) is 6.07. The van der Waals surface area contributed by atoms with Gasteiger partial charge in [0.1, 0.15) is 11.6 Å². The molecule has 26 heavy (non-hydrogen) atoms. The number of nitrogens with zero attached hydrogens (tertiary/aromatic N) is 1. The molecule has 3 rings (SSSR count). The molecule has 0 atom stereocenters. The van der Waals surface area contributed by atoms with Crippen LogP contribution in [0.1, 0.15) is 6.92 Å². The number of anilines is 2. The van der Waals surface area contributed by atoms with E-state index in [0.29, 0.717) is 24.6 Å². The molecule has 0 saturated carbocycles. The Balaban J connectivity index is 1.50. The molecule has 2 N–H and O–H groups in total. The highest BCUT2D eigenvalue weighted by atomic mass is 19.1. The second kappa shape index (κ2) is 8.67. The SMILES string of the molecule is CCOc1ccccc1NC(=O)C[NH+]1CCN(c2ccc(F)cc2)CC1. The summed E-state index contributed by atoms with van der Waals surface area (Å²) in [5.41, 5.74) is 1.74. The van der Waals surface area contributed by atoms with Crippen molar-refractivity contribution in [2.24, 2.45) is 0 Å². The number of carbonyl (C=O) groups is 1. The number of piperazine rings is 1. The van der Waals surface area contributed by atoms with Crippen molar-refractivity contribution in [3.8, 4) is 5.75 Å². The van der Waals surface area contributed by atoms with Gasteiger partial charge in [0.15, 0.2) is 6.54 Å². The lowest BCUT2D eigenvalue weighted by atomic mass is 10.2. The number of quaternary nitrogens is 1. The standard InChI is InChI=1S/C20H24FN3O2/c1-2-26-19-6-4-3-5-18(19)22-20(25)15-23-11-13-24(14-12-23)17-9-7-16(21)8-10-17/h3-10H,2,11-15H2,1H3,(H,22,25)/p+1. The lowest BCUT2D eigenvalue weighted by molar-refractivity contribution is -0.892. The number of para-hydroxylation sites is 2. The van der Waals surface area contributed by atoms with Crippen LogP contribution in [0.15, 0.2) is 48.5 Å². The average molecular weight is 358 g/mol. The van der Waals surface area contributed by atoms with Crippen molar-refractivity contribution in [2.45, 2.75) is 6.92 Å². The predicted molar refractivity (Wildman–Crippen MR) is 100 cm³/mol. The van der Waals surface area contributed by atoms with E-state index in [1.165, 1.54) is 17.0 Å². The molecule has 6 heteroatoms. The van der Waals surface area contributed by atoms with Crippen molar-refractivity contribution in [1.82, 2.24) is 0 Å². The normalized spacial score (nSPS) is 14.9. The van der Waals surface area contributed by atoms with E-state index in [1.54, 1.807) is 12.1 Å². The molecule has 1 amide bonds. The first-order chi connectivity index (χ1) is 12.7. The van der Waals surface area contributed by atoms with Gasteiger partial charge in [-0.15, -0.1) is 0 Å². The van der Waals surface area contributed by atoms with Gasteiger partial charge in [-0.2, -0.15) is 0 Å². The van der Waals surface area contributed by atoms with E-state index in [2.05, 4.69) is 10.2 Å². The summed E-state index contributed by atoms with van der Waals surface area (Å²) in [5.74, 6) is 0.462. The minimum Gasteiger partial charge on any atom is -0.492 e. The van der Waals surface area contributed by atoms with Gasteiger partial charge in [-0.1, -0.05) is 12.1 Å². The Morgan fingerprint density at radius 1 is 1.15 bits per heavy atom. The molecular weight excluding hydrogens is 333 g/mol. The zero-order valence-corrected chi connectivity index (χ0v) is 15.0. The maximum atomic E-state index is 13.0. The average Bonchev–Trinajstić information content (AvgIpc) is 2.65. The van der Waals surface area contributed by atoms with Gasteiger partial charge >= 0.3 is 0 Å². The summed E-state index contributed by atoms with van der Waals surface area (Å²) < 4.78 is 18.6. The summed E-state index contributed by atoms with van der Waals surface area (Å²) in [6.45, 7) is 6.36. The van der Waals surface area contributed by atoms with Crippen LogP contribution >= 0.6 is 0 Å². The summed E-state index contributed by atoms with van der Waals surface area (Å²) in [4.78, 5) is 15.9. The number of benzene rings is 2. The molecule has 1 saturated heterocycles. The van der Waals surface area contributed by atoms with Crippen molar-refractivity contribution < 1.29 is 18.8 Å². The van der Waals surface area contributed by atoms with E-state index in [0.717, 1.165) is 31.9 Å². The van der Waals surface area contributed by atoms with Gasteiger partial charge in [0.25, 0.3) is 5.91 Å². The third-order valence-electron chi connectivity index (χ3n) is 4.53. The molecule has 0 spiro atoms. The van der Waals surface area contributed by atoms with Crippen LogP contribution in [0, 0.1) is 5.82 Å². The highest BCUT2D eigenvalue weighted by Gasteiger charge is 2.22. The lowest BCUT2D eigenvalue weighted by Crippen LogP contribution is -3.15. The van der Waals surface area contributed by atoms with E-state index in [-0.39, 0.29) is 11.7 Å². The Morgan fingerprint density at radius 2 is 1.85 bits per heavy atom. The highest BCUT2D eigenvalue weighted by molar-refractivity contribution is 5.92. The topological polar surface area (TPSA) is 46.0 Å². The summed E-state index contributed by atoms with van der Waals surface area (Å²) in [6.07, 6.45) is 0. The fraction of sp³-hybridized carbons (Fsp3) is 0.350. The van der Waals surface area contributed by atoms with Crippen molar-refractivity contribution in [2.75, 3.05) is 49.5 Å². The fourth-order valence-corrected chi connectivity index (χ4v) is 3.18. The van der Waals surface area contributed by atoms with E-state index in [9.17, 15) is 9.18 Å². The van der Waals surface area contributed by atoms with Gasteiger partial charge in [0.2, 0.25) is 0 Å². The van der Waals surface area contributed by atoms with Gasteiger partial charge in [-0.3, -0.25) is 4.79 Å². The summed E-state index contributed by atoms with van der Waals surface area (Å²) in [6, 6.07) is 14.1. The molecular formula is C20H25FN3O2+. The van der Waals surface area contributed by atoms with Gasteiger partial charge in [-0.05, 0) is 43.3 Å². The number of rotatable bonds is 6. The molecule has 1 aliphatic rings. The van der Waals surface area contributed by atoms with Crippen LogP contribution in [-0.2, 0) is 4.79 Å². The zero-order valence-electron chi connectivity index (χ0n) is 15.0. The maximum Gasteiger partial charge on any atom is 0.279 e. The van der Waals surface area contributed by atoms with Crippen LogP contribution in [0.2, 0.25) is 0 Å². The largest absolute Gasteiger partial charge is 0.492 e. The Hall–Kier alpha value is -2.60. The third-order valence-corrected chi connectivity index (χ3v) is 4.53. The number of ether oxygens (including phenoxy) is 1. The quantitative estimate of drug-likeness (QED) is 0.824. The van der Waals surface area contributed by atoms with Crippen molar-refractivity contribution in [1.29, 1.82) is 0 Å². The van der Waals surface area contributed by atoms with Gasteiger partial charge in [0, 0.05) is 5.69 Å².